The molecule has 0 aromatic heterocycles. The van der Waals surface area contributed by atoms with E-state index in [1.54, 1.807) is 0 Å². The van der Waals surface area contributed by atoms with Gasteiger partial charge in [0.1, 0.15) is 0 Å². The molecule has 0 aliphatic carbocycles. The van der Waals surface area contributed by atoms with E-state index in [1.807, 2.05) is 24.3 Å². The second-order valence-corrected chi connectivity index (χ2v) is 6.22. The fraction of sp³-hybridized carbons (Fsp3) is 0.200. The summed E-state index contributed by atoms with van der Waals surface area (Å²) in [6, 6.07) is 12.3. The third kappa shape index (κ3) is 3.00. The average molecular weight is 399 g/mol. The molecule has 1 heterocycles. The Hall–Kier alpha value is -1.04. The van der Waals surface area contributed by atoms with E-state index in [9.17, 15) is 0 Å². The molecule has 0 unspecified atom stereocenters. The lowest BCUT2D eigenvalue weighted by Gasteiger charge is -2.08. The Balaban J connectivity index is 1.65. The zero-order chi connectivity index (χ0) is 13.9. The maximum atomic E-state index is 5.42. The van der Waals surface area contributed by atoms with Gasteiger partial charge >= 0.3 is 0 Å². The summed E-state index contributed by atoms with van der Waals surface area (Å²) in [5.74, 6) is 1.59. The van der Waals surface area contributed by atoms with Crippen molar-refractivity contribution < 1.29 is 9.47 Å². The first-order chi connectivity index (χ1) is 9.74. The van der Waals surface area contributed by atoms with Gasteiger partial charge in [-0.1, -0.05) is 34.1 Å². The number of ether oxygens (including phenoxy) is 2. The van der Waals surface area contributed by atoms with Crippen LogP contribution >= 0.6 is 31.9 Å². The molecule has 0 saturated carbocycles. The van der Waals surface area contributed by atoms with Gasteiger partial charge in [0.15, 0.2) is 11.5 Å². The molecule has 2 aromatic rings. The molecule has 1 aliphatic heterocycles. The van der Waals surface area contributed by atoms with Crippen molar-refractivity contribution in [2.75, 3.05) is 6.79 Å². The van der Waals surface area contributed by atoms with E-state index in [4.69, 9.17) is 9.47 Å². The van der Waals surface area contributed by atoms with E-state index in [-0.39, 0.29) is 0 Å². The smallest absolute Gasteiger partial charge is 0.231 e. The lowest BCUT2D eigenvalue weighted by molar-refractivity contribution is 0.173. The lowest BCUT2D eigenvalue weighted by Crippen LogP contribution is -2.13. The van der Waals surface area contributed by atoms with Crippen molar-refractivity contribution in [2.24, 2.45) is 0 Å². The summed E-state index contributed by atoms with van der Waals surface area (Å²) in [6.07, 6.45) is 0. The quantitative estimate of drug-likeness (QED) is 0.835. The van der Waals surface area contributed by atoms with Gasteiger partial charge in [-0.15, -0.1) is 0 Å². The van der Waals surface area contributed by atoms with Gasteiger partial charge in [0, 0.05) is 17.6 Å². The second kappa shape index (κ2) is 6.16. The lowest BCUT2D eigenvalue weighted by atomic mass is 10.2. The SMILES string of the molecule is Brc1ccccc1CNCc1cc(Br)c2c(c1)OCO2. The Morgan fingerprint density at radius 1 is 1.00 bits per heavy atom. The molecule has 2 aromatic carbocycles. The number of rotatable bonds is 4. The van der Waals surface area contributed by atoms with E-state index in [1.165, 1.54) is 5.56 Å². The summed E-state index contributed by atoms with van der Waals surface area (Å²) in [5, 5.41) is 3.43. The second-order valence-electron chi connectivity index (χ2n) is 4.51. The van der Waals surface area contributed by atoms with Crippen LogP contribution in [0.2, 0.25) is 0 Å². The van der Waals surface area contributed by atoms with Crippen LogP contribution in [0.25, 0.3) is 0 Å². The van der Waals surface area contributed by atoms with Crippen LogP contribution in [-0.2, 0) is 13.1 Å². The Kier molecular flexibility index (Phi) is 4.29. The molecule has 1 aliphatic rings. The first kappa shape index (κ1) is 13.9. The van der Waals surface area contributed by atoms with E-state index in [2.05, 4.69) is 49.3 Å². The molecule has 0 atom stereocenters. The molecule has 0 radical (unpaired) electrons. The van der Waals surface area contributed by atoms with Gasteiger partial charge in [-0.2, -0.15) is 0 Å². The molecule has 0 amide bonds. The monoisotopic (exact) mass is 397 g/mol. The van der Waals surface area contributed by atoms with Crippen LogP contribution in [0.1, 0.15) is 11.1 Å². The molecule has 0 saturated heterocycles. The number of hydrogen-bond acceptors (Lipinski definition) is 3. The highest BCUT2D eigenvalue weighted by molar-refractivity contribution is 9.10. The zero-order valence-corrected chi connectivity index (χ0v) is 13.8. The van der Waals surface area contributed by atoms with Gasteiger partial charge in [-0.25, -0.2) is 0 Å². The molecule has 0 fully saturated rings. The van der Waals surface area contributed by atoms with Crippen molar-refractivity contribution in [3.05, 3.63) is 56.5 Å². The first-order valence-electron chi connectivity index (χ1n) is 6.26. The average Bonchev–Trinajstić information content (AvgIpc) is 2.90. The Morgan fingerprint density at radius 3 is 2.70 bits per heavy atom. The molecule has 1 N–H and O–H groups in total. The number of halogens is 2. The summed E-state index contributed by atoms with van der Waals surface area (Å²) in [5.41, 5.74) is 2.40. The summed E-state index contributed by atoms with van der Waals surface area (Å²) < 4.78 is 12.9. The van der Waals surface area contributed by atoms with E-state index >= 15 is 0 Å². The van der Waals surface area contributed by atoms with Crippen LogP contribution in [0, 0.1) is 0 Å². The summed E-state index contributed by atoms with van der Waals surface area (Å²) in [7, 11) is 0. The fourth-order valence-corrected chi connectivity index (χ4v) is 3.13. The highest BCUT2D eigenvalue weighted by atomic mass is 79.9. The van der Waals surface area contributed by atoms with Crippen molar-refractivity contribution in [3.8, 4) is 11.5 Å². The molecule has 5 heteroatoms. The highest BCUT2D eigenvalue weighted by Crippen LogP contribution is 2.39. The van der Waals surface area contributed by atoms with Gasteiger partial charge in [0.2, 0.25) is 6.79 Å². The van der Waals surface area contributed by atoms with Crippen LogP contribution in [0.4, 0.5) is 0 Å². The molecule has 104 valence electrons. The molecule has 0 bridgehead atoms. The summed E-state index contributed by atoms with van der Waals surface area (Å²) in [4.78, 5) is 0. The van der Waals surface area contributed by atoms with E-state index in [0.717, 1.165) is 39.1 Å². The molecule has 3 nitrogen and oxygen atoms in total. The van der Waals surface area contributed by atoms with Crippen molar-refractivity contribution in [3.63, 3.8) is 0 Å². The Labute approximate surface area is 134 Å². The Morgan fingerprint density at radius 2 is 1.85 bits per heavy atom. The number of fused-ring (bicyclic) bond motifs is 1. The molecule has 0 spiro atoms. The van der Waals surface area contributed by atoms with Gasteiger partial charge in [-0.3, -0.25) is 0 Å². The van der Waals surface area contributed by atoms with Crippen molar-refractivity contribution in [1.82, 2.24) is 5.32 Å². The normalized spacial score (nSPS) is 12.7. The molecule has 3 rings (SSSR count). The maximum Gasteiger partial charge on any atom is 0.231 e. The van der Waals surface area contributed by atoms with Crippen molar-refractivity contribution in [1.29, 1.82) is 0 Å². The van der Waals surface area contributed by atoms with Crippen molar-refractivity contribution >= 4 is 31.9 Å². The van der Waals surface area contributed by atoms with Crippen molar-refractivity contribution in [2.45, 2.75) is 13.1 Å². The zero-order valence-electron chi connectivity index (χ0n) is 10.7. The van der Waals surface area contributed by atoms with Crippen LogP contribution in [0.5, 0.6) is 11.5 Å². The largest absolute Gasteiger partial charge is 0.454 e. The molecule has 20 heavy (non-hydrogen) atoms. The molecular formula is C15H13Br2NO2. The third-order valence-corrected chi connectivity index (χ3v) is 4.45. The van der Waals surface area contributed by atoms with Gasteiger partial charge in [0.05, 0.1) is 4.47 Å². The van der Waals surface area contributed by atoms with Crippen LogP contribution < -0.4 is 14.8 Å². The number of nitrogens with one attached hydrogen (secondary N) is 1. The van der Waals surface area contributed by atoms with Gasteiger partial charge < -0.3 is 14.8 Å². The predicted octanol–water partition coefficient (Wildman–Crippen LogP) is 4.23. The number of benzene rings is 2. The highest BCUT2D eigenvalue weighted by Gasteiger charge is 2.17. The fourth-order valence-electron chi connectivity index (χ4n) is 2.11. The van der Waals surface area contributed by atoms with Gasteiger partial charge in [0.25, 0.3) is 0 Å². The summed E-state index contributed by atoms with van der Waals surface area (Å²) in [6.45, 7) is 1.88. The molecular weight excluding hydrogens is 386 g/mol. The van der Waals surface area contributed by atoms with E-state index in [0.29, 0.717) is 6.79 Å². The minimum Gasteiger partial charge on any atom is -0.454 e. The standard InChI is InChI=1S/C15H13Br2NO2/c16-12-4-2-1-3-11(12)8-18-7-10-5-13(17)15-14(6-10)19-9-20-15/h1-6,18H,7-9H2. The predicted molar refractivity (Wildman–Crippen MR) is 85.0 cm³/mol. The van der Waals surface area contributed by atoms with Crippen LogP contribution in [0.3, 0.4) is 0 Å². The summed E-state index contributed by atoms with van der Waals surface area (Å²) >= 11 is 7.06. The Bertz CT molecular complexity index is 631. The minimum atomic E-state index is 0.293. The number of hydrogen-bond donors (Lipinski definition) is 1. The third-order valence-electron chi connectivity index (χ3n) is 3.09. The van der Waals surface area contributed by atoms with Crippen LogP contribution in [-0.4, -0.2) is 6.79 Å². The van der Waals surface area contributed by atoms with Crippen LogP contribution in [0.15, 0.2) is 45.3 Å². The van der Waals surface area contributed by atoms with Gasteiger partial charge in [-0.05, 0) is 45.3 Å². The first-order valence-corrected chi connectivity index (χ1v) is 7.85. The maximum absolute atomic E-state index is 5.42. The topological polar surface area (TPSA) is 30.5 Å². The minimum absolute atomic E-state index is 0.293. The van der Waals surface area contributed by atoms with E-state index < -0.39 is 0 Å².